The molecule has 2 aromatic rings. The molecule has 3 rings (SSSR count). The Kier molecular flexibility index (Phi) is 3.77. The number of allylic oxidation sites excluding steroid dienone is 1. The molecule has 108 valence electrons. The number of ether oxygens (including phenoxy) is 1. The smallest absolute Gasteiger partial charge is 0.139 e. The van der Waals surface area contributed by atoms with Crippen LogP contribution >= 0.6 is 0 Å². The van der Waals surface area contributed by atoms with Gasteiger partial charge in [0.05, 0.1) is 6.26 Å². The van der Waals surface area contributed by atoms with Gasteiger partial charge in [0.25, 0.3) is 0 Å². The Bertz CT molecular complexity index is 737. The predicted octanol–water partition coefficient (Wildman–Crippen LogP) is 3.28. The largest absolute Gasteiger partial charge is 0.740 e. The van der Waals surface area contributed by atoms with Gasteiger partial charge in [-0.1, -0.05) is 18.2 Å². The van der Waals surface area contributed by atoms with Crippen molar-refractivity contribution in [2.45, 2.75) is 13.3 Å². The molecule has 0 fully saturated rings. The molecule has 0 saturated carbocycles. The van der Waals surface area contributed by atoms with E-state index in [1.165, 1.54) is 0 Å². The van der Waals surface area contributed by atoms with Crippen LogP contribution in [0.15, 0.2) is 48.7 Å². The highest BCUT2D eigenvalue weighted by Crippen LogP contribution is 2.33. The third-order valence-corrected chi connectivity index (χ3v) is 3.71. The predicted molar refractivity (Wildman–Crippen MR) is 79.6 cm³/mol. The third kappa shape index (κ3) is 2.99. The molecule has 1 atom stereocenters. The van der Waals surface area contributed by atoms with Gasteiger partial charge in [0, 0.05) is 0 Å². The molecule has 0 radical (unpaired) electrons. The maximum absolute atomic E-state index is 10.6. The van der Waals surface area contributed by atoms with E-state index in [1.54, 1.807) is 18.4 Å². The van der Waals surface area contributed by atoms with Crippen LogP contribution in [0, 0.1) is 6.92 Å². The summed E-state index contributed by atoms with van der Waals surface area (Å²) in [5, 5.41) is 0. The lowest BCUT2D eigenvalue weighted by Gasteiger charge is -2.15. The Labute approximate surface area is 125 Å². The summed E-state index contributed by atoms with van der Waals surface area (Å²) >= 11 is -2.57. The van der Waals surface area contributed by atoms with Gasteiger partial charge in [-0.2, -0.15) is 0 Å². The first-order chi connectivity index (χ1) is 10.1. The summed E-state index contributed by atoms with van der Waals surface area (Å²) in [6, 6.07) is 11.2. The van der Waals surface area contributed by atoms with Crippen LogP contribution in [0.1, 0.15) is 11.1 Å². The Morgan fingerprint density at radius 1 is 1.24 bits per heavy atom. The van der Waals surface area contributed by atoms with E-state index >= 15 is 0 Å². The molecule has 1 unspecified atom stereocenters. The molecular weight excluding hydrogens is 288 g/mol. The summed E-state index contributed by atoms with van der Waals surface area (Å²) in [6.07, 6.45) is 4.50. The van der Waals surface area contributed by atoms with Crippen LogP contribution in [0.25, 0.3) is 11.1 Å². The van der Waals surface area contributed by atoms with Gasteiger partial charge >= 0.3 is 0 Å². The Morgan fingerprint density at radius 3 is 2.90 bits per heavy atom. The fourth-order valence-corrected chi connectivity index (χ4v) is 2.60. The molecular formula is C16H13O4S-. The third-order valence-electron chi connectivity index (χ3n) is 3.38. The summed E-state index contributed by atoms with van der Waals surface area (Å²) in [4.78, 5) is 0. The van der Waals surface area contributed by atoms with Gasteiger partial charge in [0.1, 0.15) is 22.9 Å². The van der Waals surface area contributed by atoms with E-state index in [9.17, 15) is 8.76 Å². The van der Waals surface area contributed by atoms with Gasteiger partial charge in [-0.15, -0.1) is 0 Å². The molecule has 0 N–H and O–H groups in total. The van der Waals surface area contributed by atoms with Crippen molar-refractivity contribution in [3.05, 3.63) is 59.9 Å². The van der Waals surface area contributed by atoms with E-state index in [1.807, 2.05) is 37.3 Å². The quantitative estimate of drug-likeness (QED) is 0.816. The fraction of sp³-hybridized carbons (Fsp3) is 0.125. The highest BCUT2D eigenvalue weighted by Gasteiger charge is 2.10. The normalized spacial score (nSPS) is 14.2. The van der Waals surface area contributed by atoms with Gasteiger partial charge in [0.2, 0.25) is 0 Å². The van der Waals surface area contributed by atoms with Crippen LogP contribution < -0.4 is 8.92 Å². The lowest BCUT2D eigenvalue weighted by Crippen LogP contribution is -1.99. The molecule has 1 aliphatic heterocycles. The zero-order valence-corrected chi connectivity index (χ0v) is 12.2. The first kappa shape index (κ1) is 13.9. The van der Waals surface area contributed by atoms with E-state index in [0.29, 0.717) is 5.75 Å². The lowest BCUT2D eigenvalue weighted by molar-refractivity contribution is 0.440. The first-order valence-corrected chi connectivity index (χ1v) is 7.47. The number of benzene rings is 2. The Morgan fingerprint density at radius 2 is 2.10 bits per heavy atom. The van der Waals surface area contributed by atoms with E-state index in [2.05, 4.69) is 0 Å². The second-order valence-corrected chi connectivity index (χ2v) is 5.36. The summed E-state index contributed by atoms with van der Waals surface area (Å²) in [7, 11) is 0. The zero-order valence-electron chi connectivity index (χ0n) is 11.4. The number of aryl methyl sites for hydroxylation is 1. The monoisotopic (exact) mass is 301 g/mol. The standard InChI is InChI=1S/C16H14O4S/c1-11-4-7-14(20-21(17)18)10-15(11)13-6-5-12-3-2-8-19-16(12)9-13/h2,4-10H,3H2,1H3,(H,17,18)/p-1. The molecule has 0 amide bonds. The molecule has 0 saturated heterocycles. The molecule has 0 aromatic heterocycles. The van der Waals surface area contributed by atoms with Crippen LogP contribution in [0.3, 0.4) is 0 Å². The molecule has 0 bridgehead atoms. The minimum Gasteiger partial charge on any atom is -0.740 e. The van der Waals surface area contributed by atoms with Crippen LogP contribution in [0.2, 0.25) is 0 Å². The maximum Gasteiger partial charge on any atom is 0.139 e. The van der Waals surface area contributed by atoms with Gasteiger partial charge < -0.3 is 13.5 Å². The Hall–Kier alpha value is -2.11. The molecule has 1 aliphatic rings. The highest BCUT2D eigenvalue weighted by atomic mass is 32.2. The van der Waals surface area contributed by atoms with Crippen molar-refractivity contribution in [1.82, 2.24) is 0 Å². The molecule has 21 heavy (non-hydrogen) atoms. The minimum absolute atomic E-state index is 0.294. The van der Waals surface area contributed by atoms with Crippen molar-refractivity contribution < 1.29 is 17.7 Å². The molecule has 2 aromatic carbocycles. The average Bonchev–Trinajstić information content (AvgIpc) is 2.48. The van der Waals surface area contributed by atoms with Gasteiger partial charge in [-0.25, -0.2) is 4.21 Å². The van der Waals surface area contributed by atoms with Crippen molar-refractivity contribution in [1.29, 1.82) is 0 Å². The second kappa shape index (κ2) is 5.71. The lowest BCUT2D eigenvalue weighted by atomic mass is 9.97. The summed E-state index contributed by atoms with van der Waals surface area (Å²) in [6.45, 7) is 1.97. The fourth-order valence-electron chi connectivity index (χ4n) is 2.34. The number of hydrogen-bond acceptors (Lipinski definition) is 4. The topological polar surface area (TPSA) is 58.6 Å². The van der Waals surface area contributed by atoms with Gasteiger partial charge in [-0.3, -0.25) is 0 Å². The van der Waals surface area contributed by atoms with E-state index in [-0.39, 0.29) is 0 Å². The maximum atomic E-state index is 10.6. The van der Waals surface area contributed by atoms with Crippen LogP contribution in [-0.2, 0) is 17.8 Å². The summed E-state index contributed by atoms with van der Waals surface area (Å²) in [5.41, 5.74) is 4.04. The van der Waals surface area contributed by atoms with Crippen LogP contribution in [0.5, 0.6) is 11.5 Å². The second-order valence-electron chi connectivity index (χ2n) is 4.78. The minimum atomic E-state index is -2.57. The summed E-state index contributed by atoms with van der Waals surface area (Å²) < 4.78 is 31.5. The van der Waals surface area contributed by atoms with Crippen LogP contribution in [-0.4, -0.2) is 8.76 Å². The number of rotatable bonds is 3. The molecule has 0 aliphatic carbocycles. The number of hydrogen-bond donors (Lipinski definition) is 0. The van der Waals surface area contributed by atoms with E-state index in [4.69, 9.17) is 8.92 Å². The zero-order chi connectivity index (χ0) is 14.8. The van der Waals surface area contributed by atoms with Crippen molar-refractivity contribution in [3.63, 3.8) is 0 Å². The van der Waals surface area contributed by atoms with Crippen molar-refractivity contribution in [3.8, 4) is 22.6 Å². The van der Waals surface area contributed by atoms with Gasteiger partial charge in [-0.05, 0) is 59.9 Å². The average molecular weight is 301 g/mol. The van der Waals surface area contributed by atoms with Crippen molar-refractivity contribution >= 4 is 11.4 Å². The molecule has 0 spiro atoms. The number of fused-ring (bicyclic) bond motifs is 1. The van der Waals surface area contributed by atoms with E-state index in [0.717, 1.165) is 34.4 Å². The molecule has 5 heteroatoms. The Balaban J connectivity index is 2.02. The van der Waals surface area contributed by atoms with Gasteiger partial charge in [0.15, 0.2) is 0 Å². The molecule has 1 heterocycles. The molecule has 4 nitrogen and oxygen atoms in total. The van der Waals surface area contributed by atoms with Crippen molar-refractivity contribution in [2.75, 3.05) is 0 Å². The van der Waals surface area contributed by atoms with Crippen molar-refractivity contribution in [2.24, 2.45) is 0 Å². The van der Waals surface area contributed by atoms with E-state index < -0.39 is 11.4 Å². The summed E-state index contributed by atoms with van der Waals surface area (Å²) in [5.74, 6) is 1.12. The SMILES string of the molecule is Cc1ccc(OS(=O)[O-])cc1-c1ccc2c(c1)OC=CC2. The van der Waals surface area contributed by atoms with Crippen LogP contribution in [0.4, 0.5) is 0 Å². The first-order valence-electron chi connectivity index (χ1n) is 6.47. The highest BCUT2D eigenvalue weighted by molar-refractivity contribution is 7.74.